The predicted molar refractivity (Wildman–Crippen MR) is 112 cm³/mol. The van der Waals surface area contributed by atoms with Gasteiger partial charge in [0, 0.05) is 19.6 Å². The Kier molecular flexibility index (Phi) is 7.43. The number of hydrogen-bond acceptors (Lipinski definition) is 2. The molecule has 0 spiro atoms. The Labute approximate surface area is 159 Å². The van der Waals surface area contributed by atoms with Gasteiger partial charge in [-0.3, -0.25) is 0 Å². The average molecular weight is 354 g/mol. The Balaban J connectivity index is 2.04. The molecule has 2 aromatic rings. The summed E-state index contributed by atoms with van der Waals surface area (Å²) in [7, 11) is 0. The number of benzene rings is 2. The van der Waals surface area contributed by atoms with Gasteiger partial charge in [-0.2, -0.15) is 0 Å². The minimum atomic E-state index is -0.804. The maximum absolute atomic E-state index is 11.0. The number of nitrogens with zero attached hydrogens (tertiary/aromatic N) is 1. The van der Waals surface area contributed by atoms with Crippen LogP contribution in [0.5, 0.6) is 0 Å². The molecule has 1 unspecified atom stereocenters. The van der Waals surface area contributed by atoms with E-state index in [-0.39, 0.29) is 0 Å². The van der Waals surface area contributed by atoms with Crippen LogP contribution in [0.4, 0.5) is 0 Å². The second kappa shape index (κ2) is 9.34. The summed E-state index contributed by atoms with van der Waals surface area (Å²) in [6, 6.07) is 18.7. The lowest BCUT2D eigenvalue weighted by Gasteiger charge is -2.31. The summed E-state index contributed by atoms with van der Waals surface area (Å²) in [5.74, 6) is 1.28. The van der Waals surface area contributed by atoms with Crippen molar-refractivity contribution < 1.29 is 5.11 Å². The summed E-state index contributed by atoms with van der Waals surface area (Å²) in [5.41, 5.74) is 2.58. The van der Waals surface area contributed by atoms with Crippen molar-refractivity contribution in [3.05, 3.63) is 60.2 Å². The van der Waals surface area contributed by atoms with Gasteiger partial charge in [0.2, 0.25) is 0 Å². The SMILES string of the molecule is CC(C)CN(CCC(C)(O)c1ccc(-c2ccccc2)cc1)CC(C)C. The van der Waals surface area contributed by atoms with Crippen molar-refractivity contribution in [2.45, 2.75) is 46.6 Å². The molecule has 0 fully saturated rings. The lowest BCUT2D eigenvalue weighted by molar-refractivity contribution is 0.0331. The van der Waals surface area contributed by atoms with Gasteiger partial charge in [0.25, 0.3) is 0 Å². The summed E-state index contributed by atoms with van der Waals surface area (Å²) in [5, 5.41) is 11.0. The first kappa shape index (κ1) is 20.7. The van der Waals surface area contributed by atoms with Gasteiger partial charge in [-0.05, 0) is 41.9 Å². The van der Waals surface area contributed by atoms with Crippen LogP contribution in [0.2, 0.25) is 0 Å². The van der Waals surface area contributed by atoms with E-state index in [4.69, 9.17) is 0 Å². The molecule has 2 aromatic carbocycles. The molecule has 2 heteroatoms. The molecule has 0 saturated carbocycles. The molecule has 0 aliphatic carbocycles. The minimum Gasteiger partial charge on any atom is -0.385 e. The highest BCUT2D eigenvalue weighted by molar-refractivity contribution is 5.63. The quantitative estimate of drug-likeness (QED) is 0.637. The summed E-state index contributed by atoms with van der Waals surface area (Å²) in [4.78, 5) is 2.49. The van der Waals surface area contributed by atoms with Gasteiger partial charge < -0.3 is 10.0 Å². The zero-order chi connectivity index (χ0) is 19.2. The normalized spacial score (nSPS) is 14.2. The van der Waals surface area contributed by atoms with E-state index >= 15 is 0 Å². The third-order valence-corrected chi connectivity index (χ3v) is 4.78. The Bertz CT molecular complexity index is 634. The van der Waals surface area contributed by atoms with E-state index in [9.17, 15) is 5.11 Å². The van der Waals surface area contributed by atoms with E-state index in [1.807, 2.05) is 13.0 Å². The molecular weight excluding hydrogens is 318 g/mol. The minimum absolute atomic E-state index is 0.642. The monoisotopic (exact) mass is 353 g/mol. The van der Waals surface area contributed by atoms with E-state index < -0.39 is 5.60 Å². The molecule has 0 heterocycles. The number of rotatable bonds is 9. The lowest BCUT2D eigenvalue weighted by atomic mass is 9.90. The fraction of sp³-hybridized carbons (Fsp3) is 0.500. The van der Waals surface area contributed by atoms with Crippen LogP contribution < -0.4 is 0 Å². The molecule has 0 saturated heterocycles. The van der Waals surface area contributed by atoms with Crippen LogP contribution in [-0.4, -0.2) is 29.6 Å². The summed E-state index contributed by atoms with van der Waals surface area (Å²) < 4.78 is 0. The van der Waals surface area contributed by atoms with E-state index in [0.717, 1.165) is 31.6 Å². The number of hydrogen-bond donors (Lipinski definition) is 1. The highest BCUT2D eigenvalue weighted by Crippen LogP contribution is 2.28. The van der Waals surface area contributed by atoms with Crippen molar-refractivity contribution in [3.8, 4) is 11.1 Å². The highest BCUT2D eigenvalue weighted by Gasteiger charge is 2.24. The Morgan fingerprint density at radius 1 is 0.808 bits per heavy atom. The van der Waals surface area contributed by atoms with E-state index in [1.165, 1.54) is 11.1 Å². The molecule has 1 N–H and O–H groups in total. The van der Waals surface area contributed by atoms with Crippen LogP contribution in [-0.2, 0) is 5.60 Å². The molecule has 0 aromatic heterocycles. The zero-order valence-electron chi connectivity index (χ0n) is 17.1. The second-order valence-corrected chi connectivity index (χ2v) is 8.51. The Hall–Kier alpha value is -1.64. The number of aliphatic hydroxyl groups is 1. The van der Waals surface area contributed by atoms with Crippen molar-refractivity contribution in [1.82, 2.24) is 4.90 Å². The van der Waals surface area contributed by atoms with Crippen molar-refractivity contribution in [1.29, 1.82) is 0 Å². The molecule has 0 aliphatic rings. The smallest absolute Gasteiger partial charge is 0.0880 e. The van der Waals surface area contributed by atoms with Crippen molar-refractivity contribution in [2.24, 2.45) is 11.8 Å². The van der Waals surface area contributed by atoms with Gasteiger partial charge in [-0.1, -0.05) is 82.3 Å². The highest BCUT2D eigenvalue weighted by atomic mass is 16.3. The van der Waals surface area contributed by atoms with E-state index in [0.29, 0.717) is 11.8 Å². The molecule has 2 rings (SSSR count). The molecular formula is C24H35NO. The average Bonchev–Trinajstić information content (AvgIpc) is 2.60. The Morgan fingerprint density at radius 3 is 1.81 bits per heavy atom. The first-order valence-electron chi connectivity index (χ1n) is 9.88. The third kappa shape index (κ3) is 6.26. The van der Waals surface area contributed by atoms with Crippen LogP contribution in [0.25, 0.3) is 11.1 Å². The second-order valence-electron chi connectivity index (χ2n) is 8.51. The standard InChI is InChI=1S/C24H35NO/c1-19(2)17-25(18-20(3)4)16-15-24(5,26)23-13-11-22(12-14-23)21-9-7-6-8-10-21/h6-14,19-20,26H,15-18H2,1-5H3. The topological polar surface area (TPSA) is 23.5 Å². The molecule has 142 valence electrons. The van der Waals surface area contributed by atoms with Gasteiger partial charge in [0.15, 0.2) is 0 Å². The van der Waals surface area contributed by atoms with Crippen LogP contribution in [0, 0.1) is 11.8 Å². The molecule has 0 aliphatic heterocycles. The van der Waals surface area contributed by atoms with Crippen molar-refractivity contribution >= 4 is 0 Å². The van der Waals surface area contributed by atoms with Gasteiger partial charge >= 0.3 is 0 Å². The molecule has 0 amide bonds. The van der Waals surface area contributed by atoms with Crippen LogP contribution in [0.3, 0.4) is 0 Å². The molecule has 2 nitrogen and oxygen atoms in total. The zero-order valence-corrected chi connectivity index (χ0v) is 17.1. The van der Waals surface area contributed by atoms with Gasteiger partial charge in [-0.15, -0.1) is 0 Å². The maximum atomic E-state index is 11.0. The van der Waals surface area contributed by atoms with Crippen LogP contribution >= 0.6 is 0 Å². The van der Waals surface area contributed by atoms with Crippen molar-refractivity contribution in [2.75, 3.05) is 19.6 Å². The summed E-state index contributed by atoms with van der Waals surface area (Å²) in [6.07, 6.45) is 0.747. The lowest BCUT2D eigenvalue weighted by Crippen LogP contribution is -2.36. The molecule has 26 heavy (non-hydrogen) atoms. The fourth-order valence-electron chi connectivity index (χ4n) is 3.46. The maximum Gasteiger partial charge on any atom is 0.0880 e. The van der Waals surface area contributed by atoms with E-state index in [2.05, 4.69) is 81.1 Å². The third-order valence-electron chi connectivity index (χ3n) is 4.78. The molecule has 0 radical (unpaired) electrons. The van der Waals surface area contributed by atoms with Crippen LogP contribution in [0.1, 0.15) is 46.6 Å². The van der Waals surface area contributed by atoms with E-state index in [1.54, 1.807) is 0 Å². The molecule has 0 bridgehead atoms. The summed E-state index contributed by atoms with van der Waals surface area (Å²) >= 11 is 0. The largest absolute Gasteiger partial charge is 0.385 e. The first-order valence-corrected chi connectivity index (χ1v) is 9.88. The molecule has 1 atom stereocenters. The van der Waals surface area contributed by atoms with Crippen molar-refractivity contribution in [3.63, 3.8) is 0 Å². The van der Waals surface area contributed by atoms with Crippen LogP contribution in [0.15, 0.2) is 54.6 Å². The predicted octanol–water partition coefficient (Wildman–Crippen LogP) is 5.57. The Morgan fingerprint density at radius 2 is 1.31 bits per heavy atom. The first-order chi connectivity index (χ1) is 12.3. The fourth-order valence-corrected chi connectivity index (χ4v) is 3.46. The summed E-state index contributed by atoms with van der Waals surface area (Å²) in [6.45, 7) is 14.1. The van der Waals surface area contributed by atoms with Gasteiger partial charge in [0.1, 0.15) is 0 Å². The van der Waals surface area contributed by atoms with Gasteiger partial charge in [0.05, 0.1) is 5.60 Å². The van der Waals surface area contributed by atoms with Gasteiger partial charge in [-0.25, -0.2) is 0 Å².